The van der Waals surface area contributed by atoms with Crippen LogP contribution in [-0.2, 0) is 9.59 Å². The number of rotatable bonds is 14. The van der Waals surface area contributed by atoms with Crippen LogP contribution in [-0.4, -0.2) is 11.6 Å². The van der Waals surface area contributed by atoms with E-state index in [1.807, 2.05) is 0 Å². The molecule has 0 amide bonds. The van der Waals surface area contributed by atoms with Crippen molar-refractivity contribution >= 4 is 43.4 Å². The maximum atomic E-state index is 12.3. The van der Waals surface area contributed by atoms with E-state index < -0.39 is 0 Å². The Kier molecular flexibility index (Phi) is 12.7. The molecule has 0 aromatic carbocycles. The molecule has 4 heteroatoms. The first-order chi connectivity index (χ1) is 12.5. The van der Waals surface area contributed by atoms with E-state index in [1.54, 1.807) is 6.92 Å². The van der Waals surface area contributed by atoms with Crippen LogP contribution < -0.4 is 0 Å². The zero-order valence-electron chi connectivity index (χ0n) is 16.5. The van der Waals surface area contributed by atoms with Gasteiger partial charge in [-0.1, -0.05) is 84.0 Å². The van der Waals surface area contributed by atoms with Crippen LogP contribution in [0.15, 0.2) is 20.1 Å². The Balaban J connectivity index is 2.06. The van der Waals surface area contributed by atoms with E-state index in [2.05, 4.69) is 38.8 Å². The summed E-state index contributed by atoms with van der Waals surface area (Å²) < 4.78 is 0.836. The van der Waals surface area contributed by atoms with Gasteiger partial charge in [0.25, 0.3) is 0 Å². The number of hydrogen-bond donors (Lipinski definition) is 0. The van der Waals surface area contributed by atoms with Crippen molar-refractivity contribution in [2.24, 2.45) is 0 Å². The summed E-state index contributed by atoms with van der Waals surface area (Å²) in [5.41, 5.74) is 1.18. The molecule has 1 aliphatic carbocycles. The molecule has 0 spiro atoms. The van der Waals surface area contributed by atoms with Gasteiger partial charge in [0, 0.05) is 11.1 Å². The van der Waals surface area contributed by atoms with E-state index in [0.717, 1.165) is 12.8 Å². The van der Waals surface area contributed by atoms with Crippen molar-refractivity contribution in [2.45, 2.75) is 104 Å². The minimum Gasteiger partial charge on any atom is -0.289 e. The van der Waals surface area contributed by atoms with Crippen LogP contribution in [0.1, 0.15) is 104 Å². The van der Waals surface area contributed by atoms with E-state index in [4.69, 9.17) is 0 Å². The Hall–Kier alpha value is -0.220. The van der Waals surface area contributed by atoms with E-state index in [9.17, 15) is 9.59 Å². The van der Waals surface area contributed by atoms with Gasteiger partial charge in [0.05, 0.1) is 8.96 Å². The third kappa shape index (κ3) is 8.21. The maximum Gasteiger partial charge on any atom is 0.207 e. The molecule has 26 heavy (non-hydrogen) atoms. The zero-order chi connectivity index (χ0) is 19.4. The monoisotopic (exact) mass is 488 g/mol. The van der Waals surface area contributed by atoms with E-state index >= 15 is 0 Å². The van der Waals surface area contributed by atoms with Crippen molar-refractivity contribution in [1.29, 1.82) is 0 Å². The summed E-state index contributed by atoms with van der Waals surface area (Å²) in [5, 5.41) is 0. The van der Waals surface area contributed by atoms with Crippen molar-refractivity contribution in [2.75, 3.05) is 0 Å². The van der Waals surface area contributed by atoms with Gasteiger partial charge in [0.15, 0.2) is 5.78 Å². The highest BCUT2D eigenvalue weighted by molar-refractivity contribution is 9.13. The molecule has 0 saturated heterocycles. The predicted octanol–water partition coefficient (Wildman–Crippen LogP) is 7.94. The molecule has 2 nitrogen and oxygen atoms in total. The Morgan fingerprint density at radius 2 is 1.04 bits per heavy atom. The van der Waals surface area contributed by atoms with Crippen LogP contribution >= 0.6 is 31.9 Å². The summed E-state index contributed by atoms with van der Waals surface area (Å²) in [7, 11) is 0. The van der Waals surface area contributed by atoms with Crippen molar-refractivity contribution in [1.82, 2.24) is 0 Å². The van der Waals surface area contributed by atoms with Crippen LogP contribution in [0.25, 0.3) is 0 Å². The summed E-state index contributed by atoms with van der Waals surface area (Å²) in [6.07, 6.45) is 17.7. The van der Waals surface area contributed by atoms with Gasteiger partial charge in [-0.15, -0.1) is 0 Å². The second-order valence-electron chi connectivity index (χ2n) is 7.38. The number of carbonyl (C=O) groups is 2. The lowest BCUT2D eigenvalue weighted by Crippen LogP contribution is -2.18. The standard InChI is InChI=1S/C22H34Br2O2/c1-3-4-5-6-7-8-9-10-11-12-13-14-15-16-18-20(24)22(26)19(23)17(2)21(18)25/h3-16H2,1-2H3. The number of unbranched alkanes of at least 4 members (excludes halogenated alkanes) is 12. The number of ketones is 2. The summed E-state index contributed by atoms with van der Waals surface area (Å²) in [5.74, 6) is -0.103. The third-order valence-corrected chi connectivity index (χ3v) is 6.93. The fourth-order valence-electron chi connectivity index (χ4n) is 3.37. The Morgan fingerprint density at radius 1 is 0.615 bits per heavy atom. The smallest absolute Gasteiger partial charge is 0.207 e. The molecule has 0 aliphatic heterocycles. The molecule has 1 aliphatic rings. The summed E-state index contributed by atoms with van der Waals surface area (Å²) in [6, 6.07) is 0. The van der Waals surface area contributed by atoms with Crippen LogP contribution in [0.4, 0.5) is 0 Å². The van der Waals surface area contributed by atoms with Gasteiger partial charge < -0.3 is 0 Å². The molecule has 0 bridgehead atoms. The minimum atomic E-state index is -0.105. The number of hydrogen-bond acceptors (Lipinski definition) is 2. The number of halogens is 2. The molecule has 0 fully saturated rings. The van der Waals surface area contributed by atoms with Crippen molar-refractivity contribution in [3.63, 3.8) is 0 Å². The van der Waals surface area contributed by atoms with Crippen LogP contribution in [0.2, 0.25) is 0 Å². The normalized spacial score (nSPS) is 15.4. The highest BCUT2D eigenvalue weighted by atomic mass is 79.9. The van der Waals surface area contributed by atoms with Crippen LogP contribution in [0.3, 0.4) is 0 Å². The molecule has 0 N–H and O–H groups in total. The zero-order valence-corrected chi connectivity index (χ0v) is 19.6. The van der Waals surface area contributed by atoms with Crippen molar-refractivity contribution in [3.05, 3.63) is 20.1 Å². The predicted molar refractivity (Wildman–Crippen MR) is 118 cm³/mol. The van der Waals surface area contributed by atoms with Crippen LogP contribution in [0, 0.1) is 0 Å². The van der Waals surface area contributed by atoms with E-state index in [1.165, 1.54) is 70.6 Å². The Morgan fingerprint density at radius 3 is 1.50 bits per heavy atom. The molecular weight excluding hydrogens is 456 g/mol. The van der Waals surface area contributed by atoms with E-state index in [0.29, 0.717) is 26.5 Å². The molecular formula is C22H34Br2O2. The minimum absolute atomic E-state index is 0.00212. The molecule has 0 atom stereocenters. The first-order valence-electron chi connectivity index (χ1n) is 10.3. The first kappa shape index (κ1) is 23.8. The fourth-order valence-corrected chi connectivity index (χ4v) is 4.59. The van der Waals surface area contributed by atoms with Gasteiger partial charge in [-0.2, -0.15) is 0 Å². The van der Waals surface area contributed by atoms with Gasteiger partial charge >= 0.3 is 0 Å². The number of carbonyl (C=O) groups excluding carboxylic acids is 2. The molecule has 0 radical (unpaired) electrons. The van der Waals surface area contributed by atoms with Crippen molar-refractivity contribution in [3.8, 4) is 0 Å². The van der Waals surface area contributed by atoms with Crippen molar-refractivity contribution < 1.29 is 9.59 Å². The maximum absolute atomic E-state index is 12.3. The molecule has 148 valence electrons. The molecule has 0 aromatic heterocycles. The molecule has 0 unspecified atom stereocenters. The SMILES string of the molecule is CCCCCCCCCCCCCCCC1=C(Br)C(=O)C(Br)=C(C)C1=O. The lowest BCUT2D eigenvalue weighted by Gasteiger charge is -2.16. The largest absolute Gasteiger partial charge is 0.289 e. The van der Waals surface area contributed by atoms with Gasteiger partial charge in [-0.25, -0.2) is 0 Å². The average molecular weight is 490 g/mol. The first-order valence-corrected chi connectivity index (χ1v) is 11.9. The lowest BCUT2D eigenvalue weighted by molar-refractivity contribution is -0.115. The number of allylic oxidation sites excluding steroid dienone is 4. The fraction of sp³-hybridized carbons (Fsp3) is 0.727. The van der Waals surface area contributed by atoms with Gasteiger partial charge in [0.1, 0.15) is 0 Å². The lowest BCUT2D eigenvalue weighted by atomic mass is 9.92. The summed E-state index contributed by atoms with van der Waals surface area (Å²) in [6.45, 7) is 3.98. The summed E-state index contributed by atoms with van der Waals surface area (Å²) >= 11 is 6.53. The second kappa shape index (κ2) is 13.9. The van der Waals surface area contributed by atoms with Gasteiger partial charge in [-0.3, -0.25) is 9.59 Å². The molecule has 0 aromatic rings. The average Bonchev–Trinajstić information content (AvgIpc) is 2.64. The summed E-state index contributed by atoms with van der Waals surface area (Å²) in [4.78, 5) is 24.4. The Labute approximate surface area is 176 Å². The third-order valence-electron chi connectivity index (χ3n) is 5.14. The molecule has 1 rings (SSSR count). The second-order valence-corrected chi connectivity index (χ2v) is 8.97. The highest BCUT2D eigenvalue weighted by Gasteiger charge is 2.29. The topological polar surface area (TPSA) is 34.1 Å². The quantitative estimate of drug-likeness (QED) is 0.183. The van der Waals surface area contributed by atoms with E-state index in [-0.39, 0.29) is 11.6 Å². The van der Waals surface area contributed by atoms with Crippen LogP contribution in [0.5, 0.6) is 0 Å². The van der Waals surface area contributed by atoms with Gasteiger partial charge in [0.2, 0.25) is 5.78 Å². The molecule has 0 saturated carbocycles. The molecule has 0 heterocycles. The highest BCUT2D eigenvalue weighted by Crippen LogP contribution is 2.33. The van der Waals surface area contributed by atoms with Gasteiger partial charge in [-0.05, 0) is 51.6 Å². The number of Topliss-reactive ketones (excluding diaryl/α,β-unsaturated/α-hetero) is 2. The Bertz CT molecular complexity index is 532.